The molecule has 0 saturated carbocycles. The lowest BCUT2D eigenvalue weighted by atomic mass is 9.97. The molecule has 14 nitrogen and oxygen atoms in total. The van der Waals surface area contributed by atoms with Crippen molar-refractivity contribution >= 4 is 5.91 Å². The first kappa shape index (κ1) is 67.5. The van der Waals surface area contributed by atoms with Crippen LogP contribution in [-0.4, -0.2) is 140 Å². The van der Waals surface area contributed by atoms with Crippen LogP contribution < -0.4 is 5.32 Å². The van der Waals surface area contributed by atoms with Gasteiger partial charge in [0.05, 0.1) is 32.0 Å². The minimum absolute atomic E-state index is 0.253. The van der Waals surface area contributed by atoms with Gasteiger partial charge in [0.2, 0.25) is 5.91 Å². The second kappa shape index (κ2) is 45.4. The molecular weight excluding hydrogens is 943 g/mol. The first-order chi connectivity index (χ1) is 36.1. The minimum Gasteiger partial charge on any atom is -0.394 e. The third-order valence-corrected chi connectivity index (χ3v) is 13.9. The van der Waals surface area contributed by atoms with Crippen LogP contribution >= 0.6 is 0 Å². The van der Waals surface area contributed by atoms with E-state index < -0.39 is 86.8 Å². The zero-order chi connectivity index (χ0) is 53.9. The number of hydrogen-bond acceptors (Lipinski definition) is 13. The Morgan fingerprint density at radius 3 is 1.43 bits per heavy atom. The molecule has 0 aliphatic carbocycles. The summed E-state index contributed by atoms with van der Waals surface area (Å²) in [5, 5.41) is 87.1. The van der Waals surface area contributed by atoms with E-state index in [1.165, 1.54) is 89.9 Å². The van der Waals surface area contributed by atoms with Crippen molar-refractivity contribution in [3.05, 3.63) is 72.9 Å². The van der Waals surface area contributed by atoms with Gasteiger partial charge in [0.25, 0.3) is 0 Å². The molecule has 2 aliphatic rings. The lowest BCUT2D eigenvalue weighted by molar-refractivity contribution is -0.359. The molecule has 0 aromatic heterocycles. The van der Waals surface area contributed by atoms with Crippen LogP contribution in [0.4, 0.5) is 0 Å². The van der Waals surface area contributed by atoms with Gasteiger partial charge in [-0.25, -0.2) is 0 Å². The Morgan fingerprint density at radius 1 is 0.500 bits per heavy atom. The van der Waals surface area contributed by atoms with E-state index in [-0.39, 0.29) is 18.9 Å². The quantitative estimate of drug-likeness (QED) is 0.0205. The number of aliphatic hydroxyl groups excluding tert-OH is 8. The molecule has 428 valence electrons. The molecule has 2 saturated heterocycles. The maximum absolute atomic E-state index is 13.2. The number of rotatable bonds is 45. The number of carbonyl (C=O) groups excluding carboxylic acids is 1. The van der Waals surface area contributed by atoms with Gasteiger partial charge in [0, 0.05) is 6.42 Å². The van der Waals surface area contributed by atoms with Gasteiger partial charge in [-0.3, -0.25) is 4.79 Å². The van der Waals surface area contributed by atoms with Gasteiger partial charge in [-0.1, -0.05) is 209 Å². The molecule has 0 radical (unpaired) electrons. The van der Waals surface area contributed by atoms with Crippen molar-refractivity contribution in [1.29, 1.82) is 0 Å². The molecule has 1 amide bonds. The molecule has 14 heteroatoms. The molecule has 74 heavy (non-hydrogen) atoms. The second-order valence-electron chi connectivity index (χ2n) is 20.4. The van der Waals surface area contributed by atoms with Gasteiger partial charge in [-0.15, -0.1) is 0 Å². The van der Waals surface area contributed by atoms with Gasteiger partial charge >= 0.3 is 0 Å². The van der Waals surface area contributed by atoms with Gasteiger partial charge in [0.15, 0.2) is 12.6 Å². The monoisotopic (exact) mass is 1050 g/mol. The number of hydrogen-bond donors (Lipinski definition) is 9. The summed E-state index contributed by atoms with van der Waals surface area (Å²) in [4.78, 5) is 13.2. The SMILES string of the molecule is CC/C=C\C/C=C\C/C=C\C/C=C\C/C=C\CCCCCCCCCC(=O)NC(COC1OC(CO)C(OC2OC(CO)C(O)C(O)C2O)C(O)C1O)C(O)/C=C/CCCCCCCCCCCCCCCCC. The molecular formula is C60H105NO13. The smallest absolute Gasteiger partial charge is 0.220 e. The van der Waals surface area contributed by atoms with E-state index in [1.54, 1.807) is 6.08 Å². The largest absolute Gasteiger partial charge is 0.394 e. The van der Waals surface area contributed by atoms with E-state index >= 15 is 0 Å². The molecule has 12 unspecified atom stereocenters. The molecule has 2 heterocycles. The van der Waals surface area contributed by atoms with E-state index in [0.29, 0.717) is 6.42 Å². The fourth-order valence-corrected chi connectivity index (χ4v) is 9.20. The Bertz CT molecular complexity index is 1520. The summed E-state index contributed by atoms with van der Waals surface area (Å²) in [6.07, 6.45) is 42.1. The van der Waals surface area contributed by atoms with Gasteiger partial charge in [-0.05, 0) is 64.2 Å². The fraction of sp³-hybridized carbons (Fsp3) is 0.783. The first-order valence-corrected chi connectivity index (χ1v) is 29.2. The Hall–Kier alpha value is -2.57. The van der Waals surface area contributed by atoms with Crippen LogP contribution in [0.25, 0.3) is 0 Å². The van der Waals surface area contributed by atoms with Crippen molar-refractivity contribution in [1.82, 2.24) is 5.32 Å². The standard InChI is InChI=1S/C60H105NO13/c1-3-5-7-9-11-13-15-17-19-21-22-23-24-25-26-28-30-32-34-36-38-40-42-44-52(65)61-48(49(64)43-41-39-37-35-33-31-29-27-20-18-16-14-12-10-8-6-4-2)47-71-59-57(70)55(68)58(51(46-63)73-59)74-60-56(69)54(67)53(66)50(45-62)72-60/h5,7,11,13,17,19,22-23,25-26,41,43,48-51,53-60,62-64,66-70H,3-4,6,8-10,12,14-16,18,20-21,24,27-40,42,44-47H2,1-2H3,(H,61,65)/b7-5-,13-11-,19-17-,23-22-,26-25-,43-41+. The molecule has 0 bridgehead atoms. The number of unbranched alkanes of at least 4 members (excludes halogenated alkanes) is 22. The predicted molar refractivity (Wildman–Crippen MR) is 295 cm³/mol. The van der Waals surface area contributed by atoms with E-state index in [0.717, 1.165) is 89.9 Å². The van der Waals surface area contributed by atoms with Crippen molar-refractivity contribution in [2.75, 3.05) is 19.8 Å². The zero-order valence-electron chi connectivity index (χ0n) is 45.8. The highest BCUT2D eigenvalue weighted by Crippen LogP contribution is 2.30. The first-order valence-electron chi connectivity index (χ1n) is 29.2. The molecule has 9 N–H and O–H groups in total. The van der Waals surface area contributed by atoms with E-state index in [1.807, 2.05) is 6.08 Å². The van der Waals surface area contributed by atoms with E-state index in [4.69, 9.17) is 18.9 Å². The molecule has 2 rings (SSSR count). The molecule has 2 aliphatic heterocycles. The van der Waals surface area contributed by atoms with Crippen molar-refractivity contribution in [2.24, 2.45) is 0 Å². The highest BCUT2D eigenvalue weighted by atomic mass is 16.7. The van der Waals surface area contributed by atoms with Crippen LogP contribution in [0.2, 0.25) is 0 Å². The molecule has 12 atom stereocenters. The topological polar surface area (TPSA) is 228 Å². The number of amides is 1. The Labute approximate surface area is 447 Å². The summed E-state index contributed by atoms with van der Waals surface area (Å²) in [6.45, 7) is 2.67. The maximum atomic E-state index is 13.2. The van der Waals surface area contributed by atoms with Crippen LogP contribution in [0.1, 0.15) is 206 Å². The molecule has 0 aromatic carbocycles. The fourth-order valence-electron chi connectivity index (χ4n) is 9.20. The zero-order valence-corrected chi connectivity index (χ0v) is 45.8. The number of carbonyl (C=O) groups is 1. The van der Waals surface area contributed by atoms with Crippen LogP contribution in [0.3, 0.4) is 0 Å². The number of aliphatic hydroxyl groups is 8. The second-order valence-corrected chi connectivity index (χ2v) is 20.4. The lowest BCUT2D eigenvalue weighted by Crippen LogP contribution is -2.65. The average Bonchev–Trinajstić information content (AvgIpc) is 3.40. The highest BCUT2D eigenvalue weighted by molar-refractivity contribution is 5.76. The summed E-state index contributed by atoms with van der Waals surface area (Å²) in [7, 11) is 0. The third kappa shape index (κ3) is 31.0. The summed E-state index contributed by atoms with van der Waals surface area (Å²) in [5.41, 5.74) is 0. The number of ether oxygens (including phenoxy) is 4. The minimum atomic E-state index is -1.79. The highest BCUT2D eigenvalue weighted by Gasteiger charge is 2.51. The maximum Gasteiger partial charge on any atom is 0.220 e. The molecule has 2 fully saturated rings. The van der Waals surface area contributed by atoms with Crippen molar-refractivity contribution in [3.8, 4) is 0 Å². The predicted octanol–water partition coefficient (Wildman–Crippen LogP) is 9.55. The average molecular weight is 1050 g/mol. The third-order valence-electron chi connectivity index (χ3n) is 13.9. The lowest BCUT2D eigenvalue weighted by Gasteiger charge is -2.46. The van der Waals surface area contributed by atoms with Gasteiger partial charge in [0.1, 0.15) is 48.8 Å². The molecule has 0 aromatic rings. The number of allylic oxidation sites excluding steroid dienone is 11. The Balaban J connectivity index is 1.79. The van der Waals surface area contributed by atoms with Crippen molar-refractivity contribution in [3.63, 3.8) is 0 Å². The summed E-state index contributed by atoms with van der Waals surface area (Å²) < 4.78 is 22.8. The van der Waals surface area contributed by atoms with Gasteiger partial charge < -0.3 is 65.1 Å². The number of nitrogens with one attached hydrogen (secondary N) is 1. The normalized spacial score (nSPS) is 25.8. The van der Waals surface area contributed by atoms with Gasteiger partial charge in [-0.2, -0.15) is 0 Å². The van der Waals surface area contributed by atoms with Crippen molar-refractivity contribution in [2.45, 2.75) is 280 Å². The van der Waals surface area contributed by atoms with Crippen LogP contribution in [0.5, 0.6) is 0 Å². The molecule has 0 spiro atoms. The Kier molecular flexibility index (Phi) is 41.5. The summed E-state index contributed by atoms with van der Waals surface area (Å²) in [5.74, 6) is -0.253. The summed E-state index contributed by atoms with van der Waals surface area (Å²) in [6, 6.07) is -0.925. The Morgan fingerprint density at radius 2 is 0.932 bits per heavy atom. The van der Waals surface area contributed by atoms with E-state index in [2.05, 4.69) is 79.9 Å². The van der Waals surface area contributed by atoms with Crippen LogP contribution in [0, 0.1) is 0 Å². The van der Waals surface area contributed by atoms with Crippen LogP contribution in [0.15, 0.2) is 72.9 Å². The summed E-state index contributed by atoms with van der Waals surface area (Å²) >= 11 is 0. The van der Waals surface area contributed by atoms with E-state index in [9.17, 15) is 45.6 Å². The van der Waals surface area contributed by atoms with Crippen molar-refractivity contribution < 1.29 is 64.6 Å². The van der Waals surface area contributed by atoms with Crippen LogP contribution in [-0.2, 0) is 23.7 Å².